The number of benzene rings is 1. The molecule has 0 spiro atoms. The van der Waals surface area contributed by atoms with Crippen LogP contribution in [-0.4, -0.2) is 18.6 Å². The highest BCUT2D eigenvalue weighted by Crippen LogP contribution is 2.43. The van der Waals surface area contributed by atoms with Gasteiger partial charge >= 0.3 is 0 Å². The first-order valence-corrected chi connectivity index (χ1v) is 4.65. The topological polar surface area (TPSA) is 20.2 Å². The van der Waals surface area contributed by atoms with Gasteiger partial charge < -0.3 is 5.11 Å². The second-order valence-corrected chi connectivity index (χ2v) is 4.27. The van der Waals surface area contributed by atoms with Crippen molar-refractivity contribution in [2.45, 2.75) is 31.3 Å². The van der Waals surface area contributed by atoms with E-state index >= 15 is 0 Å². The first-order valence-electron chi connectivity index (χ1n) is 4.65. The standard InChI is InChI=1S/C11H13BO/c1-11(13)6-9(7-11)8-2-4-10(12)5-3-8/h2-5,9,13H,6-7H2,1H3. The average Bonchev–Trinajstić information content (AvgIpc) is 2.01. The summed E-state index contributed by atoms with van der Waals surface area (Å²) in [5.41, 5.74) is 1.65. The lowest BCUT2D eigenvalue weighted by molar-refractivity contribution is -0.0313. The molecule has 0 atom stereocenters. The van der Waals surface area contributed by atoms with E-state index in [0.717, 1.165) is 18.3 Å². The van der Waals surface area contributed by atoms with E-state index < -0.39 is 5.60 Å². The van der Waals surface area contributed by atoms with Crippen molar-refractivity contribution in [3.8, 4) is 0 Å². The molecule has 0 amide bonds. The molecule has 1 aromatic carbocycles. The van der Waals surface area contributed by atoms with Crippen molar-refractivity contribution in [3.63, 3.8) is 0 Å². The minimum absolute atomic E-state index is 0.438. The third-order valence-corrected chi connectivity index (χ3v) is 2.78. The normalized spacial score (nSPS) is 32.6. The maximum atomic E-state index is 9.57. The summed E-state index contributed by atoms with van der Waals surface area (Å²) in [6, 6.07) is 7.94. The van der Waals surface area contributed by atoms with E-state index in [-0.39, 0.29) is 0 Å². The van der Waals surface area contributed by atoms with Crippen molar-refractivity contribution < 1.29 is 5.11 Å². The highest BCUT2D eigenvalue weighted by molar-refractivity contribution is 6.32. The van der Waals surface area contributed by atoms with Gasteiger partial charge in [0.1, 0.15) is 7.85 Å². The molecule has 1 N–H and O–H groups in total. The molecule has 0 heterocycles. The maximum absolute atomic E-state index is 9.57. The minimum Gasteiger partial charge on any atom is -0.390 e. The lowest BCUT2D eigenvalue weighted by Crippen LogP contribution is -2.39. The van der Waals surface area contributed by atoms with Gasteiger partial charge in [-0.15, -0.1) is 0 Å². The van der Waals surface area contributed by atoms with E-state index in [2.05, 4.69) is 12.1 Å². The van der Waals surface area contributed by atoms with Gasteiger partial charge in [0.2, 0.25) is 0 Å². The summed E-state index contributed by atoms with van der Waals surface area (Å²) >= 11 is 0. The van der Waals surface area contributed by atoms with Gasteiger partial charge in [-0.2, -0.15) is 0 Å². The Bertz CT molecular complexity index is 294. The van der Waals surface area contributed by atoms with Gasteiger partial charge in [-0.1, -0.05) is 29.7 Å². The smallest absolute Gasteiger partial charge is 0.113 e. The van der Waals surface area contributed by atoms with Gasteiger partial charge in [0.05, 0.1) is 5.60 Å². The zero-order valence-corrected chi connectivity index (χ0v) is 7.83. The Morgan fingerprint density at radius 1 is 1.31 bits per heavy atom. The van der Waals surface area contributed by atoms with Gasteiger partial charge in [0.25, 0.3) is 0 Å². The van der Waals surface area contributed by atoms with E-state index in [0.29, 0.717) is 5.92 Å². The molecule has 0 aliphatic heterocycles. The molecule has 2 rings (SSSR count). The average molecular weight is 172 g/mol. The Labute approximate surface area is 80.2 Å². The van der Waals surface area contributed by atoms with E-state index in [1.54, 1.807) is 0 Å². The van der Waals surface area contributed by atoms with Crippen LogP contribution in [0.15, 0.2) is 24.3 Å². The van der Waals surface area contributed by atoms with Gasteiger partial charge in [-0.05, 0) is 31.2 Å². The molecule has 0 unspecified atom stereocenters. The molecule has 1 nitrogen and oxygen atoms in total. The summed E-state index contributed by atoms with van der Waals surface area (Å²) < 4.78 is 0. The molecule has 2 heteroatoms. The Balaban J connectivity index is 2.08. The van der Waals surface area contributed by atoms with Gasteiger partial charge in [-0.3, -0.25) is 0 Å². The molecule has 1 aliphatic carbocycles. The molecular formula is C11H13BO. The summed E-state index contributed by atoms with van der Waals surface area (Å²) in [6.07, 6.45) is 1.74. The summed E-state index contributed by atoms with van der Waals surface area (Å²) in [5.74, 6) is 0.524. The van der Waals surface area contributed by atoms with Crippen LogP contribution in [0.4, 0.5) is 0 Å². The number of rotatable bonds is 1. The lowest BCUT2D eigenvalue weighted by Gasteiger charge is -2.41. The van der Waals surface area contributed by atoms with Crippen LogP contribution in [0.25, 0.3) is 0 Å². The van der Waals surface area contributed by atoms with E-state index in [1.165, 1.54) is 5.56 Å². The Morgan fingerprint density at radius 2 is 1.85 bits per heavy atom. The molecule has 1 aromatic rings. The number of aliphatic hydroxyl groups is 1. The molecule has 66 valence electrons. The summed E-state index contributed by atoms with van der Waals surface area (Å²) in [7, 11) is 5.59. The largest absolute Gasteiger partial charge is 0.390 e. The van der Waals surface area contributed by atoms with Crippen LogP contribution in [0.1, 0.15) is 31.2 Å². The van der Waals surface area contributed by atoms with E-state index in [4.69, 9.17) is 7.85 Å². The zero-order chi connectivity index (χ0) is 9.47. The minimum atomic E-state index is -0.438. The van der Waals surface area contributed by atoms with Gasteiger partial charge in [0.15, 0.2) is 0 Å². The van der Waals surface area contributed by atoms with E-state index in [1.807, 2.05) is 19.1 Å². The highest BCUT2D eigenvalue weighted by atomic mass is 16.3. The van der Waals surface area contributed by atoms with Crippen molar-refractivity contribution in [3.05, 3.63) is 29.8 Å². The predicted molar refractivity (Wildman–Crippen MR) is 54.4 cm³/mol. The molecule has 1 aliphatic rings. The van der Waals surface area contributed by atoms with Crippen molar-refractivity contribution in [2.24, 2.45) is 0 Å². The molecule has 2 radical (unpaired) electrons. The Hall–Kier alpha value is -0.755. The zero-order valence-electron chi connectivity index (χ0n) is 7.83. The Kier molecular flexibility index (Phi) is 1.96. The monoisotopic (exact) mass is 172 g/mol. The van der Waals surface area contributed by atoms with E-state index in [9.17, 15) is 5.11 Å². The molecule has 0 saturated heterocycles. The fourth-order valence-electron chi connectivity index (χ4n) is 2.01. The van der Waals surface area contributed by atoms with Gasteiger partial charge in [-0.25, -0.2) is 0 Å². The van der Waals surface area contributed by atoms with Crippen LogP contribution in [0.2, 0.25) is 0 Å². The highest BCUT2D eigenvalue weighted by Gasteiger charge is 2.38. The molecule has 1 saturated carbocycles. The van der Waals surface area contributed by atoms with Crippen molar-refractivity contribution in [2.75, 3.05) is 0 Å². The molecule has 1 fully saturated rings. The second-order valence-electron chi connectivity index (χ2n) is 4.27. The maximum Gasteiger partial charge on any atom is 0.113 e. The third-order valence-electron chi connectivity index (χ3n) is 2.78. The van der Waals surface area contributed by atoms with Crippen LogP contribution in [0.5, 0.6) is 0 Å². The number of hydrogen-bond acceptors (Lipinski definition) is 1. The van der Waals surface area contributed by atoms with Crippen LogP contribution in [-0.2, 0) is 0 Å². The second kappa shape index (κ2) is 2.88. The molecule has 0 bridgehead atoms. The number of hydrogen-bond donors (Lipinski definition) is 1. The predicted octanol–water partition coefficient (Wildman–Crippen LogP) is 1.11. The van der Waals surface area contributed by atoms with Crippen LogP contribution >= 0.6 is 0 Å². The first kappa shape index (κ1) is 8.83. The first-order chi connectivity index (χ1) is 6.07. The summed E-state index contributed by atoms with van der Waals surface area (Å²) in [4.78, 5) is 0. The van der Waals surface area contributed by atoms with Crippen molar-refractivity contribution in [1.29, 1.82) is 0 Å². The quantitative estimate of drug-likeness (QED) is 0.629. The van der Waals surface area contributed by atoms with Crippen molar-refractivity contribution in [1.82, 2.24) is 0 Å². The fraction of sp³-hybridized carbons (Fsp3) is 0.455. The molecular weight excluding hydrogens is 159 g/mol. The summed E-state index contributed by atoms with van der Waals surface area (Å²) in [5, 5.41) is 9.57. The Morgan fingerprint density at radius 3 is 2.31 bits per heavy atom. The third kappa shape index (κ3) is 1.78. The molecule has 0 aromatic heterocycles. The SMILES string of the molecule is [B]c1ccc(C2CC(C)(O)C2)cc1. The van der Waals surface area contributed by atoms with Crippen molar-refractivity contribution >= 4 is 13.3 Å². The summed E-state index contributed by atoms with van der Waals surface area (Å²) in [6.45, 7) is 1.89. The van der Waals surface area contributed by atoms with Gasteiger partial charge in [0, 0.05) is 0 Å². The van der Waals surface area contributed by atoms with Crippen LogP contribution < -0.4 is 5.46 Å². The molecule has 13 heavy (non-hydrogen) atoms. The van der Waals surface area contributed by atoms with Crippen LogP contribution in [0.3, 0.4) is 0 Å². The lowest BCUT2D eigenvalue weighted by atomic mass is 9.69. The fourth-order valence-corrected chi connectivity index (χ4v) is 2.01. The van der Waals surface area contributed by atoms with Crippen LogP contribution in [0, 0.1) is 0 Å².